The molecule has 5 aromatic rings. The van der Waals surface area contributed by atoms with Crippen LogP contribution >= 0.6 is 0 Å². The number of unbranched alkanes of at least 4 members (excludes halogenated alkanes) is 2. The molecule has 0 spiro atoms. The number of fused-ring (bicyclic) bond motifs is 3. The number of nitrogens with two attached hydrogens (primary N) is 2. The van der Waals surface area contributed by atoms with E-state index < -0.39 is 95.3 Å². The number of nitrogens with one attached hydrogen (secondary N) is 4. The van der Waals surface area contributed by atoms with Crippen LogP contribution in [0.25, 0.3) is 21.9 Å². The number of carbonyl (C=O) groups excluding carboxylic acids is 6. The van der Waals surface area contributed by atoms with Crippen LogP contribution in [0.1, 0.15) is 77.1 Å². The van der Waals surface area contributed by atoms with Gasteiger partial charge in [-0.2, -0.15) is 8.78 Å². The van der Waals surface area contributed by atoms with Crippen LogP contribution in [0.5, 0.6) is 5.75 Å². The first kappa shape index (κ1) is 53.3. The maximum absolute atomic E-state index is 13.8. The molecule has 2 aromatic heterocycles. The molecule has 0 aliphatic rings. The van der Waals surface area contributed by atoms with Crippen molar-refractivity contribution in [1.29, 1.82) is 0 Å². The molecule has 19 nitrogen and oxygen atoms in total. The quantitative estimate of drug-likeness (QED) is 0.0109. The van der Waals surface area contributed by atoms with Crippen LogP contribution in [-0.2, 0) is 43.6 Å². The number of urea groups is 1. The van der Waals surface area contributed by atoms with Crippen molar-refractivity contribution < 1.29 is 65.3 Å². The molecule has 376 valence electrons. The Morgan fingerprint density at radius 3 is 2.16 bits per heavy atom. The number of nitrogens with zero attached hydrogens (tertiary/aromatic N) is 4. The Hall–Kier alpha value is -7.63. The van der Waals surface area contributed by atoms with Crippen molar-refractivity contribution in [2.45, 2.75) is 97.1 Å². The van der Waals surface area contributed by atoms with E-state index in [0.29, 0.717) is 33.6 Å². The Morgan fingerprint density at radius 2 is 1.50 bits per heavy atom. The summed E-state index contributed by atoms with van der Waals surface area (Å²) in [5, 5.41) is 21.7. The van der Waals surface area contributed by atoms with Gasteiger partial charge in [0.25, 0.3) is 0 Å². The number of hydrogen-bond donors (Lipinski definition) is 7. The van der Waals surface area contributed by atoms with Crippen molar-refractivity contribution in [2.24, 2.45) is 5.73 Å². The monoisotopic (exact) mass is 984 g/mol. The minimum Gasteiger partial charge on any atom is -0.445 e. The number of para-hydroxylation sites is 1. The number of aliphatic hydroxyl groups is 1. The molecule has 0 bridgehead atoms. The highest BCUT2D eigenvalue weighted by Crippen LogP contribution is 2.32. The number of rotatable bonds is 23. The molecule has 0 unspecified atom stereocenters. The van der Waals surface area contributed by atoms with E-state index >= 15 is 0 Å². The molecule has 70 heavy (non-hydrogen) atoms. The van der Waals surface area contributed by atoms with Crippen LogP contribution in [-0.4, -0.2) is 91.6 Å². The van der Waals surface area contributed by atoms with Gasteiger partial charge in [-0.25, -0.2) is 32.7 Å². The topological polar surface area (TPSA) is 275 Å². The van der Waals surface area contributed by atoms with Crippen molar-refractivity contribution in [3.8, 4) is 5.75 Å². The number of halogens is 5. The van der Waals surface area contributed by atoms with Gasteiger partial charge in [0.15, 0.2) is 5.82 Å². The molecule has 6 amide bonds. The summed E-state index contributed by atoms with van der Waals surface area (Å²) in [5.41, 5.74) is 13.0. The maximum atomic E-state index is 13.8. The number of carbonyl (C=O) groups is 6. The van der Waals surface area contributed by atoms with Crippen LogP contribution < -0.4 is 37.5 Å². The van der Waals surface area contributed by atoms with Crippen molar-refractivity contribution in [3.63, 3.8) is 0 Å². The van der Waals surface area contributed by atoms with Crippen molar-refractivity contribution in [1.82, 2.24) is 35.4 Å². The summed E-state index contributed by atoms with van der Waals surface area (Å²) in [6.45, 7) is 4.97. The first-order valence-corrected chi connectivity index (χ1v) is 22.1. The van der Waals surface area contributed by atoms with E-state index in [1.54, 1.807) is 45.0 Å². The SMILES string of the molecule is CCN(Cc1nc2c(N)nc3ccccc3c2n1CC(C)(C)O)C(=O)OCc1ccc(NC(=O)[C@H](CCCNC(N)=O)NC(=O)CNC(=O)CCCCCC(=O)Oc2c(F)c(F)c(F)c(F)c2F)cc1. The molecule has 0 saturated carbocycles. The first-order valence-electron chi connectivity index (χ1n) is 22.1. The predicted molar refractivity (Wildman–Crippen MR) is 244 cm³/mol. The second kappa shape index (κ2) is 24.1. The molecule has 1 atom stereocenters. The Kier molecular flexibility index (Phi) is 18.3. The number of pyridine rings is 1. The minimum absolute atomic E-state index is 0.0279. The largest absolute Gasteiger partial charge is 0.445 e. The summed E-state index contributed by atoms with van der Waals surface area (Å²) < 4.78 is 79.4. The van der Waals surface area contributed by atoms with Crippen LogP contribution in [0, 0.1) is 29.1 Å². The fraction of sp³-hybridized carbons (Fsp3) is 0.391. The lowest BCUT2D eigenvalue weighted by atomic mass is 10.1. The standard InChI is InChI=1S/C46H53F5N10O9/c1-4-60(22-30-59-39-40(61(30)24-46(2,3)68)27-11-8-9-12-28(27)58-42(39)52)45(67)69-23-25-16-18-26(19-17-25)56-43(65)29(13-10-20-54-44(53)66)57-32(63)21-55-31(62)14-6-5-7-15-33(64)70-41-37(50)35(48)34(47)36(49)38(41)51/h8-9,11-12,16-19,29,68H,4-7,10,13-15,20-24H2,1-3H3,(H2,52,58)(H,55,62)(H,56,65)(H,57,63)(H3,53,54,66)/t29-/m0/s1. The van der Waals surface area contributed by atoms with Gasteiger partial charge in [0.1, 0.15) is 24.0 Å². The average molecular weight is 985 g/mol. The number of amides is 6. The van der Waals surface area contributed by atoms with E-state index in [0.717, 1.165) is 5.39 Å². The fourth-order valence-electron chi connectivity index (χ4n) is 7.08. The van der Waals surface area contributed by atoms with E-state index in [-0.39, 0.29) is 77.1 Å². The van der Waals surface area contributed by atoms with Crippen LogP contribution in [0.4, 0.5) is 43.0 Å². The lowest BCUT2D eigenvalue weighted by Crippen LogP contribution is -2.47. The van der Waals surface area contributed by atoms with Gasteiger partial charge in [-0.15, -0.1) is 0 Å². The number of hydrogen-bond acceptors (Lipinski definition) is 12. The number of imidazole rings is 1. The minimum atomic E-state index is -2.40. The highest BCUT2D eigenvalue weighted by molar-refractivity contribution is 6.06. The normalized spacial score (nSPS) is 11.8. The molecule has 0 saturated heterocycles. The maximum Gasteiger partial charge on any atom is 0.410 e. The first-order chi connectivity index (χ1) is 33.2. The number of anilines is 2. The smallest absolute Gasteiger partial charge is 0.410 e. The van der Waals surface area contributed by atoms with Gasteiger partial charge < -0.3 is 56.8 Å². The zero-order valence-electron chi connectivity index (χ0n) is 38.4. The van der Waals surface area contributed by atoms with Crippen LogP contribution in [0.3, 0.4) is 0 Å². The van der Waals surface area contributed by atoms with Gasteiger partial charge in [0.05, 0.1) is 36.3 Å². The summed E-state index contributed by atoms with van der Waals surface area (Å²) in [7, 11) is 0. The third-order valence-electron chi connectivity index (χ3n) is 10.5. The Balaban J connectivity index is 1.10. The van der Waals surface area contributed by atoms with Crippen molar-refractivity contribution >= 4 is 69.3 Å². The average Bonchev–Trinajstić information content (AvgIpc) is 3.67. The van der Waals surface area contributed by atoms with Gasteiger partial charge in [-0.1, -0.05) is 36.8 Å². The number of ether oxygens (including phenoxy) is 2. The Labute approximate surface area is 397 Å². The van der Waals surface area contributed by atoms with Gasteiger partial charge in [-0.3, -0.25) is 19.2 Å². The molecule has 0 aliphatic carbocycles. The molecule has 9 N–H and O–H groups in total. The molecule has 5 rings (SSSR count). The molecule has 3 aromatic carbocycles. The summed E-state index contributed by atoms with van der Waals surface area (Å²) in [4.78, 5) is 85.9. The van der Waals surface area contributed by atoms with Gasteiger partial charge in [-0.05, 0) is 70.2 Å². The molecule has 0 fully saturated rings. The number of aromatic nitrogens is 3. The molecule has 2 heterocycles. The molecular formula is C46H53F5N10O9. The van der Waals surface area contributed by atoms with Gasteiger partial charge in [0, 0.05) is 37.0 Å². The molecular weight excluding hydrogens is 932 g/mol. The zero-order valence-corrected chi connectivity index (χ0v) is 38.4. The molecule has 24 heteroatoms. The van der Waals surface area contributed by atoms with Crippen LogP contribution in [0.2, 0.25) is 0 Å². The third kappa shape index (κ3) is 14.4. The van der Waals surface area contributed by atoms with Gasteiger partial charge >= 0.3 is 18.1 Å². The second-order valence-corrected chi connectivity index (χ2v) is 16.7. The zero-order chi connectivity index (χ0) is 51.3. The highest BCUT2D eigenvalue weighted by Gasteiger charge is 2.29. The Morgan fingerprint density at radius 1 is 0.843 bits per heavy atom. The summed E-state index contributed by atoms with van der Waals surface area (Å²) in [6.07, 6.45) is -0.525. The predicted octanol–water partition coefficient (Wildman–Crippen LogP) is 5.34. The summed E-state index contributed by atoms with van der Waals surface area (Å²) in [6, 6.07) is 11.9. The Bertz CT molecular complexity index is 2710. The van der Waals surface area contributed by atoms with Crippen molar-refractivity contribution in [2.75, 3.05) is 30.7 Å². The van der Waals surface area contributed by atoms with E-state index in [1.807, 2.05) is 28.8 Å². The van der Waals surface area contributed by atoms with Crippen molar-refractivity contribution in [3.05, 3.63) is 89.0 Å². The van der Waals surface area contributed by atoms with E-state index in [9.17, 15) is 55.8 Å². The lowest BCUT2D eigenvalue weighted by Gasteiger charge is -2.24. The number of nitrogen functional groups attached to an aromatic ring is 1. The second-order valence-electron chi connectivity index (χ2n) is 16.7. The molecule has 0 aliphatic heterocycles. The number of benzene rings is 3. The van der Waals surface area contributed by atoms with E-state index in [2.05, 4.69) is 31.0 Å². The third-order valence-corrected chi connectivity index (χ3v) is 10.5. The van der Waals surface area contributed by atoms with Crippen LogP contribution in [0.15, 0.2) is 48.5 Å². The highest BCUT2D eigenvalue weighted by atomic mass is 19.2. The van der Waals surface area contributed by atoms with E-state index in [4.69, 9.17) is 21.2 Å². The number of primary amides is 1. The van der Waals surface area contributed by atoms with Gasteiger partial charge in [0.2, 0.25) is 52.6 Å². The fourth-order valence-corrected chi connectivity index (χ4v) is 7.08. The molecule has 0 radical (unpaired) electrons. The lowest BCUT2D eigenvalue weighted by molar-refractivity contribution is -0.135. The summed E-state index contributed by atoms with van der Waals surface area (Å²) >= 11 is 0. The number of esters is 1. The van der Waals surface area contributed by atoms with E-state index in [1.165, 1.54) is 4.90 Å². The summed E-state index contributed by atoms with van der Waals surface area (Å²) in [5.74, 6) is -15.8.